The van der Waals surface area contributed by atoms with Crippen molar-refractivity contribution in [3.8, 4) is 0 Å². The van der Waals surface area contributed by atoms with Gasteiger partial charge in [0.2, 0.25) is 0 Å². The van der Waals surface area contributed by atoms with Gasteiger partial charge in [0.15, 0.2) is 5.12 Å². The number of hydrogen-bond acceptors (Lipinski definition) is 7. The first kappa shape index (κ1) is 16.4. The molecule has 0 bridgehead atoms. The number of fused-ring (bicyclic) bond motifs is 1. The number of aliphatic hydroxyl groups excluding tert-OH is 2. The number of carbonyl (C=O) groups excluding carboxylic acids is 1. The predicted octanol–water partition coefficient (Wildman–Crippen LogP) is 1.54. The smallest absolute Gasteiger partial charge is 0.271 e. The minimum atomic E-state index is -1.21. The van der Waals surface area contributed by atoms with Gasteiger partial charge in [-0.1, -0.05) is 11.8 Å². The van der Waals surface area contributed by atoms with Crippen molar-refractivity contribution in [3.63, 3.8) is 0 Å². The molecule has 0 aliphatic carbocycles. The lowest BCUT2D eigenvalue weighted by molar-refractivity contribution is -0.384. The predicted molar refractivity (Wildman–Crippen MR) is 81.5 cm³/mol. The van der Waals surface area contributed by atoms with E-state index in [0.29, 0.717) is 22.3 Å². The molecule has 0 aliphatic rings. The van der Waals surface area contributed by atoms with E-state index in [2.05, 4.69) is 10.2 Å². The molecule has 1 heterocycles. The van der Waals surface area contributed by atoms with Gasteiger partial charge in [0.1, 0.15) is 6.10 Å². The number of nitro benzene ring substituents is 1. The number of benzene rings is 1. The van der Waals surface area contributed by atoms with Gasteiger partial charge in [-0.25, -0.2) is 0 Å². The fraction of sp³-hybridized carbons (Fsp3) is 0.385. The van der Waals surface area contributed by atoms with Crippen LogP contribution < -0.4 is 0 Å². The largest absolute Gasteiger partial charge is 0.390 e. The number of nitrogens with zero attached hydrogens (tertiary/aromatic N) is 2. The number of nitro groups is 1. The molecule has 0 aliphatic heterocycles. The Morgan fingerprint density at radius 2 is 2.23 bits per heavy atom. The number of aromatic nitrogens is 2. The highest BCUT2D eigenvalue weighted by atomic mass is 32.2. The van der Waals surface area contributed by atoms with Crippen LogP contribution in [-0.4, -0.2) is 42.3 Å². The van der Waals surface area contributed by atoms with Crippen LogP contribution in [0.3, 0.4) is 0 Å². The maximum absolute atomic E-state index is 10.8. The number of nitrogens with one attached hydrogen (secondary N) is 1. The average molecular weight is 325 g/mol. The number of H-pyrrole nitrogens is 1. The Kier molecular flexibility index (Phi) is 5.11. The van der Waals surface area contributed by atoms with Crippen LogP contribution in [0.25, 0.3) is 10.9 Å². The van der Waals surface area contributed by atoms with Crippen molar-refractivity contribution in [2.24, 2.45) is 0 Å². The maximum atomic E-state index is 10.8. The second-order valence-electron chi connectivity index (χ2n) is 4.74. The number of thioether (sulfide) groups is 1. The SMILES string of the molecule is CC(=O)SCCC(O)C(O)c1[nH]nc2cc([N+](=O)[O-])ccc12. The van der Waals surface area contributed by atoms with E-state index in [1.807, 2.05) is 0 Å². The number of non-ortho nitro benzene ring substituents is 1. The van der Waals surface area contributed by atoms with E-state index in [0.717, 1.165) is 11.8 Å². The Morgan fingerprint density at radius 3 is 2.86 bits per heavy atom. The summed E-state index contributed by atoms with van der Waals surface area (Å²) in [5.41, 5.74) is 0.539. The van der Waals surface area contributed by atoms with E-state index in [4.69, 9.17) is 0 Å². The second kappa shape index (κ2) is 6.86. The van der Waals surface area contributed by atoms with Gasteiger partial charge in [0, 0.05) is 30.2 Å². The van der Waals surface area contributed by atoms with Gasteiger partial charge in [-0.15, -0.1) is 0 Å². The number of rotatable bonds is 6. The molecule has 3 N–H and O–H groups in total. The van der Waals surface area contributed by atoms with Crippen LogP contribution in [0.5, 0.6) is 0 Å². The fourth-order valence-electron chi connectivity index (χ4n) is 2.03. The minimum Gasteiger partial charge on any atom is -0.390 e. The van der Waals surface area contributed by atoms with E-state index < -0.39 is 17.1 Å². The van der Waals surface area contributed by atoms with E-state index in [9.17, 15) is 25.1 Å². The molecule has 0 spiro atoms. The summed E-state index contributed by atoms with van der Waals surface area (Å²) in [6.45, 7) is 1.43. The molecule has 118 valence electrons. The van der Waals surface area contributed by atoms with Crippen LogP contribution in [0.15, 0.2) is 18.2 Å². The summed E-state index contributed by atoms with van der Waals surface area (Å²) < 4.78 is 0. The van der Waals surface area contributed by atoms with Gasteiger partial charge in [-0.05, 0) is 12.5 Å². The summed E-state index contributed by atoms with van der Waals surface area (Å²) in [5, 5.41) is 37.8. The third-order valence-corrected chi connectivity index (χ3v) is 4.00. The van der Waals surface area contributed by atoms with Crippen molar-refractivity contribution in [1.29, 1.82) is 0 Å². The molecule has 1 aromatic heterocycles. The van der Waals surface area contributed by atoms with Crippen molar-refractivity contribution in [2.45, 2.75) is 25.6 Å². The molecule has 0 amide bonds. The van der Waals surface area contributed by atoms with Crippen molar-refractivity contribution in [3.05, 3.63) is 34.0 Å². The molecule has 0 radical (unpaired) electrons. The number of carbonyl (C=O) groups is 1. The first-order valence-corrected chi connectivity index (χ1v) is 7.50. The van der Waals surface area contributed by atoms with Gasteiger partial charge in [-0.3, -0.25) is 20.0 Å². The molecular weight excluding hydrogens is 310 g/mol. The van der Waals surface area contributed by atoms with Gasteiger partial charge in [-0.2, -0.15) is 5.10 Å². The van der Waals surface area contributed by atoms with Gasteiger partial charge >= 0.3 is 0 Å². The summed E-state index contributed by atoms with van der Waals surface area (Å²) in [4.78, 5) is 21.0. The molecule has 9 heteroatoms. The standard InChI is InChI=1S/C13H15N3O5S/c1-7(17)22-5-4-11(18)13(19)12-9-3-2-8(16(20)21)6-10(9)14-15-12/h2-3,6,11,13,18-19H,4-5H2,1H3,(H,14,15). The maximum Gasteiger partial charge on any atom is 0.271 e. The van der Waals surface area contributed by atoms with Gasteiger partial charge < -0.3 is 10.2 Å². The number of aliphatic hydroxyl groups is 2. The van der Waals surface area contributed by atoms with Crippen molar-refractivity contribution < 1.29 is 19.9 Å². The molecule has 22 heavy (non-hydrogen) atoms. The molecular formula is C13H15N3O5S. The Balaban J connectivity index is 2.15. The molecule has 8 nitrogen and oxygen atoms in total. The van der Waals surface area contributed by atoms with Crippen molar-refractivity contribution in [2.75, 3.05) is 5.75 Å². The molecule has 0 fully saturated rings. The lowest BCUT2D eigenvalue weighted by atomic mass is 10.0. The summed E-state index contributed by atoms with van der Waals surface area (Å²) in [6, 6.07) is 4.08. The zero-order valence-corrected chi connectivity index (χ0v) is 12.5. The monoisotopic (exact) mass is 325 g/mol. The zero-order chi connectivity index (χ0) is 16.3. The highest BCUT2D eigenvalue weighted by Gasteiger charge is 2.23. The lowest BCUT2D eigenvalue weighted by Crippen LogP contribution is -2.19. The van der Waals surface area contributed by atoms with Crippen LogP contribution in [0.4, 0.5) is 5.69 Å². The molecule has 2 atom stereocenters. The Hall–Kier alpha value is -1.97. The second-order valence-corrected chi connectivity index (χ2v) is 6.01. The topological polar surface area (TPSA) is 129 Å². The van der Waals surface area contributed by atoms with Gasteiger partial charge in [0.25, 0.3) is 5.69 Å². The zero-order valence-electron chi connectivity index (χ0n) is 11.7. The quantitative estimate of drug-likeness (QED) is 0.542. The molecule has 2 aromatic rings. The van der Waals surface area contributed by atoms with E-state index in [1.54, 1.807) is 0 Å². The summed E-state index contributed by atoms with van der Waals surface area (Å²) >= 11 is 1.07. The molecule has 0 saturated carbocycles. The molecule has 2 rings (SSSR count). The van der Waals surface area contributed by atoms with Crippen LogP contribution in [0, 0.1) is 10.1 Å². The molecule has 2 unspecified atom stereocenters. The highest BCUT2D eigenvalue weighted by molar-refractivity contribution is 8.13. The fourth-order valence-corrected chi connectivity index (χ4v) is 2.68. The normalized spacial score (nSPS) is 14.0. The van der Waals surface area contributed by atoms with Crippen LogP contribution in [0.1, 0.15) is 25.1 Å². The third-order valence-electron chi connectivity index (χ3n) is 3.16. The van der Waals surface area contributed by atoms with Gasteiger partial charge in [0.05, 0.1) is 22.2 Å². The van der Waals surface area contributed by atoms with E-state index in [-0.39, 0.29) is 17.2 Å². The summed E-state index contributed by atoms with van der Waals surface area (Å²) in [7, 11) is 0. The Morgan fingerprint density at radius 1 is 1.50 bits per heavy atom. The van der Waals surface area contributed by atoms with E-state index in [1.165, 1.54) is 25.1 Å². The van der Waals surface area contributed by atoms with Crippen LogP contribution >= 0.6 is 11.8 Å². The van der Waals surface area contributed by atoms with Crippen molar-refractivity contribution in [1.82, 2.24) is 10.2 Å². The first-order valence-electron chi connectivity index (χ1n) is 6.52. The molecule has 0 saturated heterocycles. The number of hydrogen-bond donors (Lipinski definition) is 3. The summed E-state index contributed by atoms with van der Waals surface area (Å²) in [6.07, 6.45) is -2.04. The average Bonchev–Trinajstić information content (AvgIpc) is 2.88. The third kappa shape index (κ3) is 3.62. The van der Waals surface area contributed by atoms with Crippen LogP contribution in [0.2, 0.25) is 0 Å². The first-order chi connectivity index (χ1) is 10.4. The Labute approximate surface area is 129 Å². The highest BCUT2D eigenvalue weighted by Crippen LogP contribution is 2.28. The summed E-state index contributed by atoms with van der Waals surface area (Å²) in [5.74, 6) is 0.394. The minimum absolute atomic E-state index is 0.0546. The number of aromatic amines is 1. The van der Waals surface area contributed by atoms with E-state index >= 15 is 0 Å². The lowest BCUT2D eigenvalue weighted by Gasteiger charge is -2.16. The van der Waals surface area contributed by atoms with Crippen molar-refractivity contribution >= 4 is 33.5 Å². The molecule has 1 aromatic carbocycles. The van der Waals surface area contributed by atoms with Crippen LogP contribution in [-0.2, 0) is 4.79 Å². The Bertz CT molecular complexity index is 702.